The second kappa shape index (κ2) is 9.98. The number of rotatable bonds is 5. The van der Waals surface area contributed by atoms with Crippen molar-refractivity contribution < 1.29 is 19.3 Å². The molecule has 0 aliphatic carbocycles. The van der Waals surface area contributed by atoms with Gasteiger partial charge in [0.15, 0.2) is 5.72 Å². The van der Waals surface area contributed by atoms with Crippen molar-refractivity contribution in [3.8, 4) is 0 Å². The fourth-order valence-electron chi connectivity index (χ4n) is 4.15. The van der Waals surface area contributed by atoms with E-state index in [1.807, 2.05) is 49.7 Å². The Kier molecular flexibility index (Phi) is 7.43. The molecule has 0 unspecified atom stereocenters. The standard InChI is InChI=1S/C24H32ClN3O4S/c1-23(2,3)30-22(29)27-13-10-24(11-14-27)28(32-26(4)31-24)12-5-15-33-21-9-7-18-16-20(25)8-6-19(18)17-21/h6-9,16-17H,5,10-15H2,1-4H3. The Morgan fingerprint density at radius 3 is 2.58 bits per heavy atom. The molecule has 2 saturated heterocycles. The summed E-state index contributed by atoms with van der Waals surface area (Å²) in [5, 5.41) is 6.45. The lowest BCUT2D eigenvalue weighted by Crippen LogP contribution is -2.54. The first-order chi connectivity index (χ1) is 15.6. The molecule has 0 bridgehead atoms. The van der Waals surface area contributed by atoms with Crippen LogP contribution in [0.25, 0.3) is 10.8 Å². The van der Waals surface area contributed by atoms with Gasteiger partial charge in [-0.25, -0.2) is 9.63 Å². The Balaban J connectivity index is 1.28. The summed E-state index contributed by atoms with van der Waals surface area (Å²) in [4.78, 5) is 27.3. The van der Waals surface area contributed by atoms with E-state index < -0.39 is 11.3 Å². The molecule has 2 aromatic rings. The largest absolute Gasteiger partial charge is 0.444 e. The van der Waals surface area contributed by atoms with Crippen molar-refractivity contribution in [2.45, 2.75) is 56.3 Å². The van der Waals surface area contributed by atoms with Crippen LogP contribution in [0, 0.1) is 0 Å². The van der Waals surface area contributed by atoms with Gasteiger partial charge in [-0.05, 0) is 73.2 Å². The number of nitrogens with zero attached hydrogens (tertiary/aromatic N) is 3. The molecule has 2 fully saturated rings. The quantitative estimate of drug-likeness (QED) is 0.389. The number of carbonyl (C=O) groups excluding carboxylic acids is 1. The number of carbonyl (C=O) groups is 1. The van der Waals surface area contributed by atoms with Crippen LogP contribution in [-0.4, -0.2) is 65.0 Å². The number of likely N-dealkylation sites (tertiary alicyclic amines) is 1. The Morgan fingerprint density at radius 2 is 1.85 bits per heavy atom. The maximum atomic E-state index is 12.4. The van der Waals surface area contributed by atoms with Crippen LogP contribution in [0.4, 0.5) is 4.79 Å². The van der Waals surface area contributed by atoms with Gasteiger partial charge in [0.1, 0.15) is 5.60 Å². The van der Waals surface area contributed by atoms with Crippen LogP contribution in [0.15, 0.2) is 41.3 Å². The fourth-order valence-corrected chi connectivity index (χ4v) is 5.21. The van der Waals surface area contributed by atoms with E-state index in [0.29, 0.717) is 25.9 Å². The minimum absolute atomic E-state index is 0.273. The van der Waals surface area contributed by atoms with Gasteiger partial charge in [0.25, 0.3) is 0 Å². The molecule has 1 amide bonds. The summed E-state index contributed by atoms with van der Waals surface area (Å²) in [6.45, 7) is 7.52. The van der Waals surface area contributed by atoms with Crippen LogP contribution >= 0.6 is 23.4 Å². The third kappa shape index (κ3) is 6.12. The molecule has 4 rings (SSSR count). The maximum Gasteiger partial charge on any atom is 0.410 e. The van der Waals surface area contributed by atoms with E-state index >= 15 is 0 Å². The van der Waals surface area contributed by atoms with Gasteiger partial charge in [-0.3, -0.25) is 0 Å². The van der Waals surface area contributed by atoms with E-state index in [0.717, 1.165) is 29.1 Å². The van der Waals surface area contributed by atoms with Crippen molar-refractivity contribution in [2.75, 3.05) is 32.4 Å². The highest BCUT2D eigenvalue weighted by Gasteiger charge is 2.50. The first-order valence-corrected chi connectivity index (χ1v) is 12.7. The number of fused-ring (bicyclic) bond motifs is 1. The number of hydroxylamine groups is 4. The van der Waals surface area contributed by atoms with Crippen LogP contribution in [-0.2, 0) is 14.5 Å². The van der Waals surface area contributed by atoms with Gasteiger partial charge in [-0.2, -0.15) is 4.94 Å². The van der Waals surface area contributed by atoms with E-state index in [1.165, 1.54) is 15.5 Å². The molecular formula is C24H32ClN3O4S. The minimum Gasteiger partial charge on any atom is -0.444 e. The highest BCUT2D eigenvalue weighted by molar-refractivity contribution is 7.99. The number of hydrogen-bond acceptors (Lipinski definition) is 7. The molecule has 0 N–H and O–H groups in total. The van der Waals surface area contributed by atoms with Crippen LogP contribution in [0.2, 0.25) is 5.02 Å². The van der Waals surface area contributed by atoms with Gasteiger partial charge in [0, 0.05) is 49.4 Å². The van der Waals surface area contributed by atoms with Gasteiger partial charge >= 0.3 is 6.09 Å². The van der Waals surface area contributed by atoms with Crippen LogP contribution in [0.5, 0.6) is 0 Å². The summed E-state index contributed by atoms with van der Waals surface area (Å²) in [7, 11) is 1.76. The highest BCUT2D eigenvalue weighted by Crippen LogP contribution is 2.37. The molecule has 7 nitrogen and oxygen atoms in total. The molecule has 9 heteroatoms. The summed E-state index contributed by atoms with van der Waals surface area (Å²) in [6, 6.07) is 12.4. The van der Waals surface area contributed by atoms with E-state index in [-0.39, 0.29) is 6.09 Å². The van der Waals surface area contributed by atoms with Crippen molar-refractivity contribution in [3.05, 3.63) is 41.4 Å². The predicted molar refractivity (Wildman–Crippen MR) is 131 cm³/mol. The van der Waals surface area contributed by atoms with Gasteiger partial charge in [-0.15, -0.1) is 16.8 Å². The Hall–Kier alpha value is -1.55. The van der Waals surface area contributed by atoms with Gasteiger partial charge < -0.3 is 9.64 Å². The van der Waals surface area contributed by atoms with E-state index in [4.69, 9.17) is 26.1 Å². The summed E-state index contributed by atoms with van der Waals surface area (Å²) in [5.74, 6) is 0.961. The molecule has 0 saturated carbocycles. The van der Waals surface area contributed by atoms with Crippen molar-refractivity contribution in [2.24, 2.45) is 0 Å². The topological polar surface area (TPSA) is 54.5 Å². The molecule has 2 aromatic carbocycles. The normalized spacial score (nSPS) is 19.5. The lowest BCUT2D eigenvalue weighted by molar-refractivity contribution is -0.339. The van der Waals surface area contributed by atoms with Crippen molar-refractivity contribution in [1.29, 1.82) is 0 Å². The number of ether oxygens (including phenoxy) is 1. The average molecular weight is 494 g/mol. The van der Waals surface area contributed by atoms with E-state index in [1.54, 1.807) is 11.9 Å². The Bertz CT molecular complexity index is 991. The summed E-state index contributed by atoms with van der Waals surface area (Å²) in [5.41, 5.74) is -1.04. The average Bonchev–Trinajstić information content (AvgIpc) is 3.04. The molecular weight excluding hydrogens is 462 g/mol. The molecule has 180 valence electrons. The molecule has 2 aliphatic heterocycles. The monoisotopic (exact) mass is 493 g/mol. The molecule has 1 spiro atoms. The summed E-state index contributed by atoms with van der Waals surface area (Å²) < 4.78 is 5.51. The number of hydrogen-bond donors (Lipinski definition) is 0. The van der Waals surface area contributed by atoms with E-state index in [9.17, 15) is 4.79 Å². The lowest BCUT2D eigenvalue weighted by Gasteiger charge is -2.40. The zero-order chi connectivity index (χ0) is 23.6. The van der Waals surface area contributed by atoms with Crippen LogP contribution < -0.4 is 0 Å². The third-order valence-electron chi connectivity index (χ3n) is 5.71. The van der Waals surface area contributed by atoms with E-state index in [2.05, 4.69) is 24.3 Å². The van der Waals surface area contributed by atoms with Gasteiger partial charge in [0.05, 0.1) is 0 Å². The second-order valence-corrected chi connectivity index (χ2v) is 11.1. The molecule has 0 aromatic heterocycles. The SMILES string of the molecule is CN1ON(CCCSc2ccc3cc(Cl)ccc3c2)C2(CCN(C(=O)OC(C)(C)C)CC2)O1. The first kappa shape index (κ1) is 24.6. The molecule has 33 heavy (non-hydrogen) atoms. The van der Waals surface area contributed by atoms with Crippen LogP contribution in [0.1, 0.15) is 40.0 Å². The summed E-state index contributed by atoms with van der Waals surface area (Å²) in [6.07, 6.45) is 2.00. The minimum atomic E-state index is -0.542. The van der Waals surface area contributed by atoms with Gasteiger partial charge in [-0.1, -0.05) is 23.7 Å². The Morgan fingerprint density at radius 1 is 1.15 bits per heavy atom. The maximum absolute atomic E-state index is 12.4. The smallest absolute Gasteiger partial charge is 0.410 e. The number of halogens is 1. The summed E-state index contributed by atoms with van der Waals surface area (Å²) >= 11 is 7.91. The van der Waals surface area contributed by atoms with Crippen molar-refractivity contribution in [3.63, 3.8) is 0 Å². The predicted octanol–water partition coefficient (Wildman–Crippen LogP) is 5.73. The first-order valence-electron chi connectivity index (χ1n) is 11.3. The number of thioether (sulfide) groups is 1. The molecule has 2 aliphatic rings. The van der Waals surface area contributed by atoms with Crippen molar-refractivity contribution >= 4 is 40.2 Å². The molecule has 0 radical (unpaired) electrons. The second-order valence-electron chi connectivity index (χ2n) is 9.48. The zero-order valence-electron chi connectivity index (χ0n) is 19.7. The van der Waals surface area contributed by atoms with Crippen molar-refractivity contribution in [1.82, 2.24) is 15.2 Å². The lowest BCUT2D eigenvalue weighted by atomic mass is 10.00. The number of piperidine rings is 1. The number of amides is 1. The number of benzene rings is 2. The van der Waals surface area contributed by atoms with Crippen LogP contribution in [0.3, 0.4) is 0 Å². The Labute approximate surface area is 204 Å². The highest BCUT2D eigenvalue weighted by atomic mass is 35.5. The zero-order valence-corrected chi connectivity index (χ0v) is 21.2. The molecule has 2 heterocycles. The third-order valence-corrected chi connectivity index (χ3v) is 7.03. The fraction of sp³-hybridized carbons (Fsp3) is 0.542. The molecule has 0 atom stereocenters. The van der Waals surface area contributed by atoms with Gasteiger partial charge in [0.2, 0.25) is 0 Å².